The summed E-state index contributed by atoms with van der Waals surface area (Å²) in [5, 5.41) is 17.5. The molecule has 0 spiro atoms. The number of amides is 3. The van der Waals surface area contributed by atoms with E-state index in [1.165, 1.54) is 0 Å². The van der Waals surface area contributed by atoms with Gasteiger partial charge in [-0.1, -0.05) is 42.5 Å². The summed E-state index contributed by atoms with van der Waals surface area (Å²) in [5.41, 5.74) is 3.53. The third-order valence-electron chi connectivity index (χ3n) is 4.92. The molecule has 1 aliphatic rings. The molecule has 0 saturated heterocycles. The van der Waals surface area contributed by atoms with Crippen LogP contribution >= 0.6 is 0 Å². The van der Waals surface area contributed by atoms with Gasteiger partial charge in [0, 0.05) is 31.1 Å². The van der Waals surface area contributed by atoms with E-state index >= 15 is 0 Å². The summed E-state index contributed by atoms with van der Waals surface area (Å²) >= 11 is 0. The molecule has 2 aromatic carbocycles. The van der Waals surface area contributed by atoms with Gasteiger partial charge in [0.15, 0.2) is 0 Å². The molecule has 1 unspecified atom stereocenters. The highest BCUT2D eigenvalue weighted by Crippen LogP contribution is 2.16. The Bertz CT molecular complexity index is 883. The fourth-order valence-corrected chi connectivity index (χ4v) is 3.41. The number of rotatable bonds is 8. The van der Waals surface area contributed by atoms with Crippen LogP contribution in [0.3, 0.4) is 0 Å². The van der Waals surface area contributed by atoms with E-state index in [0.717, 1.165) is 23.1 Å². The zero-order chi connectivity index (χ0) is 20.6. The van der Waals surface area contributed by atoms with Gasteiger partial charge in [0.05, 0.1) is 0 Å². The van der Waals surface area contributed by atoms with E-state index in [4.69, 9.17) is 5.11 Å². The van der Waals surface area contributed by atoms with Crippen molar-refractivity contribution in [3.63, 3.8) is 0 Å². The molecule has 0 bridgehead atoms. The standard InChI is InChI=1S/C22H25N3O4/c26-20(27)9-8-18(12-15-4-2-1-3-5-15)25-22(29)24-14-16-6-7-17-10-11-23-21(28)19(17)13-16/h1-7,13,18H,8-12,14H2,(H,23,28)(H,26,27)(H2,24,25,29). The van der Waals surface area contributed by atoms with Crippen molar-refractivity contribution in [2.45, 2.75) is 38.3 Å². The summed E-state index contributed by atoms with van der Waals surface area (Å²) in [5.74, 6) is -0.980. The molecule has 0 fully saturated rings. The Labute approximate surface area is 169 Å². The van der Waals surface area contributed by atoms with Crippen LogP contribution in [0.25, 0.3) is 0 Å². The molecule has 0 saturated carbocycles. The molecule has 1 atom stereocenters. The third-order valence-corrected chi connectivity index (χ3v) is 4.92. The molecule has 0 aliphatic carbocycles. The SMILES string of the molecule is O=C(O)CCC(Cc1ccccc1)NC(=O)NCc1ccc2c(c1)C(=O)NCC2. The molecule has 4 N–H and O–H groups in total. The number of carbonyl (C=O) groups is 3. The van der Waals surface area contributed by atoms with Crippen LogP contribution in [0.5, 0.6) is 0 Å². The number of carboxylic acid groups (broad SMARTS) is 1. The van der Waals surface area contributed by atoms with E-state index in [1.54, 1.807) is 6.07 Å². The van der Waals surface area contributed by atoms with Crippen LogP contribution in [0.4, 0.5) is 4.79 Å². The zero-order valence-corrected chi connectivity index (χ0v) is 16.1. The number of benzene rings is 2. The average Bonchev–Trinajstić information content (AvgIpc) is 2.71. The first-order chi connectivity index (χ1) is 14.0. The molecule has 1 heterocycles. The van der Waals surface area contributed by atoms with E-state index in [0.29, 0.717) is 24.9 Å². The number of aliphatic carboxylic acids is 1. The van der Waals surface area contributed by atoms with Crippen molar-refractivity contribution in [3.05, 3.63) is 70.8 Å². The Morgan fingerprint density at radius 2 is 1.90 bits per heavy atom. The van der Waals surface area contributed by atoms with E-state index in [1.807, 2.05) is 42.5 Å². The highest BCUT2D eigenvalue weighted by Gasteiger charge is 2.17. The van der Waals surface area contributed by atoms with Crippen molar-refractivity contribution in [2.24, 2.45) is 0 Å². The van der Waals surface area contributed by atoms with Gasteiger partial charge < -0.3 is 21.1 Å². The van der Waals surface area contributed by atoms with Gasteiger partial charge in [-0.2, -0.15) is 0 Å². The lowest BCUT2D eigenvalue weighted by atomic mass is 9.98. The van der Waals surface area contributed by atoms with Gasteiger partial charge >= 0.3 is 12.0 Å². The fourth-order valence-electron chi connectivity index (χ4n) is 3.41. The topological polar surface area (TPSA) is 108 Å². The molecule has 29 heavy (non-hydrogen) atoms. The third kappa shape index (κ3) is 6.07. The lowest BCUT2D eigenvalue weighted by molar-refractivity contribution is -0.137. The van der Waals surface area contributed by atoms with E-state index < -0.39 is 5.97 Å². The number of urea groups is 1. The summed E-state index contributed by atoms with van der Waals surface area (Å²) in [4.78, 5) is 35.3. The predicted molar refractivity (Wildman–Crippen MR) is 109 cm³/mol. The molecule has 3 amide bonds. The quantitative estimate of drug-likeness (QED) is 0.550. The molecule has 2 aromatic rings. The maximum Gasteiger partial charge on any atom is 0.315 e. The summed E-state index contributed by atoms with van der Waals surface area (Å²) in [7, 11) is 0. The van der Waals surface area contributed by atoms with Gasteiger partial charge in [0.25, 0.3) is 5.91 Å². The molecule has 0 radical (unpaired) electrons. The van der Waals surface area contributed by atoms with E-state index in [-0.39, 0.29) is 30.9 Å². The van der Waals surface area contributed by atoms with Crippen LogP contribution < -0.4 is 16.0 Å². The van der Waals surface area contributed by atoms with Crippen LogP contribution in [0.1, 0.15) is 39.9 Å². The molecule has 7 nitrogen and oxygen atoms in total. The number of carboxylic acids is 1. The highest BCUT2D eigenvalue weighted by molar-refractivity contribution is 5.96. The molecule has 3 rings (SSSR count). The number of nitrogens with one attached hydrogen (secondary N) is 3. The molecule has 7 heteroatoms. The molecular formula is C22H25N3O4. The lowest BCUT2D eigenvalue weighted by Gasteiger charge is -2.19. The molecule has 152 valence electrons. The Morgan fingerprint density at radius 3 is 2.66 bits per heavy atom. The van der Waals surface area contributed by atoms with Gasteiger partial charge in [-0.3, -0.25) is 9.59 Å². The molecule has 1 aliphatic heterocycles. The van der Waals surface area contributed by atoms with Gasteiger partial charge in [-0.15, -0.1) is 0 Å². The van der Waals surface area contributed by atoms with E-state index in [9.17, 15) is 14.4 Å². The van der Waals surface area contributed by atoms with Crippen LogP contribution in [0, 0.1) is 0 Å². The molecular weight excluding hydrogens is 370 g/mol. The largest absolute Gasteiger partial charge is 0.481 e. The maximum atomic E-state index is 12.4. The minimum absolute atomic E-state index is 0.0162. The normalized spacial score (nSPS) is 13.7. The summed E-state index contributed by atoms with van der Waals surface area (Å²) < 4.78 is 0. The summed E-state index contributed by atoms with van der Waals surface area (Å²) in [6, 6.07) is 14.6. The second kappa shape index (κ2) is 9.73. The van der Waals surface area contributed by atoms with E-state index in [2.05, 4.69) is 16.0 Å². The monoisotopic (exact) mass is 395 g/mol. The van der Waals surface area contributed by atoms with Gasteiger partial charge in [0.2, 0.25) is 0 Å². The minimum Gasteiger partial charge on any atom is -0.481 e. The first-order valence-electron chi connectivity index (χ1n) is 9.71. The van der Waals surface area contributed by atoms with Gasteiger partial charge in [0.1, 0.15) is 0 Å². The number of hydrogen-bond donors (Lipinski definition) is 4. The van der Waals surface area contributed by atoms with Crippen molar-refractivity contribution in [1.29, 1.82) is 0 Å². The van der Waals surface area contributed by atoms with Crippen LogP contribution in [0.15, 0.2) is 48.5 Å². The maximum absolute atomic E-state index is 12.4. The molecule has 0 aromatic heterocycles. The summed E-state index contributed by atoms with van der Waals surface area (Å²) in [6.45, 7) is 0.925. The Kier molecular flexibility index (Phi) is 6.84. The van der Waals surface area contributed by atoms with Crippen molar-refractivity contribution in [1.82, 2.24) is 16.0 Å². The number of fused-ring (bicyclic) bond motifs is 1. The highest BCUT2D eigenvalue weighted by atomic mass is 16.4. The van der Waals surface area contributed by atoms with Crippen LogP contribution in [0.2, 0.25) is 0 Å². The van der Waals surface area contributed by atoms with Crippen LogP contribution in [-0.4, -0.2) is 35.6 Å². The first-order valence-corrected chi connectivity index (χ1v) is 9.71. The minimum atomic E-state index is -0.891. The van der Waals surface area contributed by atoms with Crippen molar-refractivity contribution >= 4 is 17.9 Å². The second-order valence-corrected chi connectivity index (χ2v) is 7.14. The second-order valence-electron chi connectivity index (χ2n) is 7.14. The lowest BCUT2D eigenvalue weighted by Crippen LogP contribution is -2.43. The number of carbonyl (C=O) groups excluding carboxylic acids is 2. The smallest absolute Gasteiger partial charge is 0.315 e. The average molecular weight is 395 g/mol. The van der Waals surface area contributed by atoms with Crippen molar-refractivity contribution in [3.8, 4) is 0 Å². The van der Waals surface area contributed by atoms with Gasteiger partial charge in [-0.05, 0) is 42.0 Å². The van der Waals surface area contributed by atoms with Crippen LogP contribution in [-0.2, 0) is 24.2 Å². The van der Waals surface area contributed by atoms with Crippen molar-refractivity contribution in [2.75, 3.05) is 6.54 Å². The zero-order valence-electron chi connectivity index (χ0n) is 16.1. The summed E-state index contributed by atoms with van der Waals surface area (Å²) in [6.07, 6.45) is 1.69. The first kappa shape index (κ1) is 20.4. The Balaban J connectivity index is 1.57. The Hall–Kier alpha value is -3.35. The van der Waals surface area contributed by atoms with Gasteiger partial charge in [-0.25, -0.2) is 4.79 Å². The van der Waals surface area contributed by atoms with Crippen molar-refractivity contribution < 1.29 is 19.5 Å². The fraction of sp³-hybridized carbons (Fsp3) is 0.318. The number of hydrogen-bond acceptors (Lipinski definition) is 3. The predicted octanol–water partition coefficient (Wildman–Crippen LogP) is 2.25. The Morgan fingerprint density at radius 1 is 1.10 bits per heavy atom.